The smallest absolute Gasteiger partial charge is 0.195 e. The summed E-state index contributed by atoms with van der Waals surface area (Å²) < 4.78 is 6.50. The van der Waals surface area contributed by atoms with Crippen molar-refractivity contribution in [3.63, 3.8) is 0 Å². The van der Waals surface area contributed by atoms with Gasteiger partial charge in [0.15, 0.2) is 5.78 Å². The molecule has 3 nitrogen and oxygen atoms in total. The van der Waals surface area contributed by atoms with Crippen molar-refractivity contribution in [2.45, 2.75) is 26.7 Å². The number of ether oxygens (including phenoxy) is 1. The van der Waals surface area contributed by atoms with Crippen LogP contribution in [0.3, 0.4) is 0 Å². The first-order chi connectivity index (χ1) is 15.5. The van der Waals surface area contributed by atoms with E-state index in [1.165, 1.54) is 24.1 Å². The Bertz CT molecular complexity index is 1300. The molecule has 0 atom stereocenters. The molecule has 0 radical (unpaired) electrons. The molecule has 1 saturated heterocycles. The molecule has 1 aromatic heterocycles. The molecule has 1 fully saturated rings. The van der Waals surface area contributed by atoms with Crippen molar-refractivity contribution in [3.8, 4) is 16.2 Å². The van der Waals surface area contributed by atoms with Gasteiger partial charge in [0.2, 0.25) is 0 Å². The number of ketones is 1. The minimum atomic E-state index is 0.0769. The van der Waals surface area contributed by atoms with Crippen LogP contribution in [0.5, 0.6) is 5.75 Å². The number of anilines is 1. The molecule has 0 saturated carbocycles. The Balaban J connectivity index is 1.63. The Morgan fingerprint density at radius 1 is 0.938 bits per heavy atom. The zero-order valence-electron chi connectivity index (χ0n) is 18.8. The molecule has 0 bridgehead atoms. The molecule has 1 aliphatic heterocycles. The van der Waals surface area contributed by atoms with E-state index in [1.807, 2.05) is 24.3 Å². The number of thiophene rings is 1. The number of benzene rings is 3. The number of fused-ring (bicyclic) bond motifs is 1. The molecule has 0 unspecified atom stereocenters. The Morgan fingerprint density at radius 2 is 1.69 bits per heavy atom. The first kappa shape index (κ1) is 20.8. The second kappa shape index (κ2) is 8.44. The third-order valence-corrected chi connectivity index (χ3v) is 7.55. The van der Waals surface area contributed by atoms with Crippen LogP contribution in [0.25, 0.3) is 20.5 Å². The average molecular weight is 442 g/mol. The van der Waals surface area contributed by atoms with Gasteiger partial charge in [0.1, 0.15) is 5.75 Å². The molecule has 0 N–H and O–H groups in total. The molecule has 0 spiro atoms. The largest absolute Gasteiger partial charge is 0.497 e. The fourth-order valence-electron chi connectivity index (χ4n) is 4.59. The van der Waals surface area contributed by atoms with Gasteiger partial charge in [-0.3, -0.25) is 4.79 Å². The lowest BCUT2D eigenvalue weighted by Gasteiger charge is -2.20. The molecule has 162 valence electrons. The summed E-state index contributed by atoms with van der Waals surface area (Å²) >= 11 is 1.65. The first-order valence-corrected chi connectivity index (χ1v) is 11.9. The van der Waals surface area contributed by atoms with Crippen molar-refractivity contribution in [2.24, 2.45) is 0 Å². The van der Waals surface area contributed by atoms with Gasteiger partial charge in [0, 0.05) is 44.9 Å². The Labute approximate surface area is 193 Å². The summed E-state index contributed by atoms with van der Waals surface area (Å²) in [7, 11) is 1.67. The van der Waals surface area contributed by atoms with Crippen LogP contribution >= 0.6 is 11.3 Å². The van der Waals surface area contributed by atoms with Crippen LogP contribution in [0.2, 0.25) is 0 Å². The molecule has 32 heavy (non-hydrogen) atoms. The molecule has 5 rings (SSSR count). The van der Waals surface area contributed by atoms with E-state index in [4.69, 9.17) is 4.74 Å². The van der Waals surface area contributed by atoms with E-state index in [2.05, 4.69) is 55.1 Å². The van der Waals surface area contributed by atoms with Gasteiger partial charge < -0.3 is 9.64 Å². The summed E-state index contributed by atoms with van der Waals surface area (Å²) in [5.41, 5.74) is 6.22. The van der Waals surface area contributed by atoms with E-state index < -0.39 is 0 Å². The summed E-state index contributed by atoms with van der Waals surface area (Å²) in [6, 6.07) is 20.6. The fraction of sp³-hybridized carbons (Fsp3) is 0.250. The van der Waals surface area contributed by atoms with Crippen molar-refractivity contribution in [3.05, 3.63) is 82.9 Å². The first-order valence-electron chi connectivity index (χ1n) is 11.1. The predicted octanol–water partition coefficient (Wildman–Crippen LogP) is 7.02. The quantitative estimate of drug-likeness (QED) is 0.312. The van der Waals surface area contributed by atoms with Crippen LogP contribution in [-0.4, -0.2) is 26.0 Å². The maximum absolute atomic E-state index is 13.9. The summed E-state index contributed by atoms with van der Waals surface area (Å²) in [5.74, 6) is 0.882. The SMILES string of the molecule is COc1ccc2c(C(=O)c3ccc(N4CCCC4)c(C)c3)c(-c3ccc(C)cc3)sc2c1. The van der Waals surface area contributed by atoms with Crippen molar-refractivity contribution >= 4 is 32.9 Å². The Kier molecular flexibility index (Phi) is 5.48. The molecular weight excluding hydrogens is 414 g/mol. The maximum atomic E-state index is 13.9. The average Bonchev–Trinajstić information content (AvgIpc) is 3.46. The monoisotopic (exact) mass is 441 g/mol. The van der Waals surface area contributed by atoms with Gasteiger partial charge in [0.05, 0.1) is 7.11 Å². The van der Waals surface area contributed by atoms with Gasteiger partial charge in [-0.2, -0.15) is 0 Å². The number of carbonyl (C=O) groups excluding carboxylic acids is 1. The molecule has 4 heteroatoms. The molecule has 2 heterocycles. The number of hydrogen-bond donors (Lipinski definition) is 0. The second-order valence-electron chi connectivity index (χ2n) is 8.56. The molecule has 0 amide bonds. The summed E-state index contributed by atoms with van der Waals surface area (Å²) in [4.78, 5) is 17.3. The third-order valence-electron chi connectivity index (χ3n) is 6.34. The number of nitrogens with zero attached hydrogens (tertiary/aromatic N) is 1. The lowest BCUT2D eigenvalue weighted by Crippen LogP contribution is -2.18. The van der Waals surface area contributed by atoms with Crippen LogP contribution in [0.4, 0.5) is 5.69 Å². The lowest BCUT2D eigenvalue weighted by atomic mass is 9.96. The van der Waals surface area contributed by atoms with Gasteiger partial charge in [-0.25, -0.2) is 0 Å². The van der Waals surface area contributed by atoms with E-state index in [0.29, 0.717) is 0 Å². The van der Waals surface area contributed by atoms with Crippen LogP contribution in [0, 0.1) is 13.8 Å². The molecule has 3 aromatic carbocycles. The Morgan fingerprint density at radius 3 is 2.38 bits per heavy atom. The zero-order chi connectivity index (χ0) is 22.2. The highest BCUT2D eigenvalue weighted by Gasteiger charge is 2.23. The van der Waals surface area contributed by atoms with Crippen molar-refractivity contribution in [1.29, 1.82) is 0 Å². The van der Waals surface area contributed by atoms with E-state index in [1.54, 1.807) is 18.4 Å². The van der Waals surface area contributed by atoms with E-state index in [9.17, 15) is 4.79 Å². The fourth-order valence-corrected chi connectivity index (χ4v) is 5.83. The molecule has 4 aromatic rings. The predicted molar refractivity (Wildman–Crippen MR) is 135 cm³/mol. The van der Waals surface area contributed by atoms with Gasteiger partial charge in [-0.15, -0.1) is 11.3 Å². The maximum Gasteiger partial charge on any atom is 0.195 e. The van der Waals surface area contributed by atoms with Crippen LogP contribution in [0.15, 0.2) is 60.7 Å². The summed E-state index contributed by atoms with van der Waals surface area (Å²) in [6.45, 7) is 6.39. The van der Waals surface area contributed by atoms with Crippen molar-refractivity contribution < 1.29 is 9.53 Å². The molecular formula is C28H27NO2S. The minimum Gasteiger partial charge on any atom is -0.497 e. The zero-order valence-corrected chi connectivity index (χ0v) is 19.6. The van der Waals surface area contributed by atoms with E-state index in [-0.39, 0.29) is 5.78 Å². The number of methoxy groups -OCH3 is 1. The Hall–Kier alpha value is -3.11. The van der Waals surface area contributed by atoms with Crippen molar-refractivity contribution in [1.82, 2.24) is 0 Å². The van der Waals surface area contributed by atoms with Gasteiger partial charge in [-0.05, 0) is 74.2 Å². The third kappa shape index (κ3) is 3.69. The van der Waals surface area contributed by atoms with Crippen LogP contribution in [0.1, 0.15) is 39.9 Å². The van der Waals surface area contributed by atoms with Crippen LogP contribution < -0.4 is 9.64 Å². The summed E-state index contributed by atoms with van der Waals surface area (Å²) in [5, 5.41) is 0.984. The normalized spacial score (nSPS) is 13.7. The van der Waals surface area contributed by atoms with E-state index in [0.717, 1.165) is 56.1 Å². The van der Waals surface area contributed by atoms with Crippen molar-refractivity contribution in [2.75, 3.05) is 25.1 Å². The standard InChI is InChI=1S/C28H27NO2S/c1-18-6-8-20(9-7-18)28-26(23-12-11-22(31-3)17-25(23)32-28)27(30)21-10-13-24(19(2)16-21)29-14-4-5-15-29/h6-13,16-17H,4-5,14-15H2,1-3H3. The van der Waals surface area contributed by atoms with E-state index >= 15 is 0 Å². The topological polar surface area (TPSA) is 29.5 Å². The highest BCUT2D eigenvalue weighted by molar-refractivity contribution is 7.22. The molecule has 0 aliphatic carbocycles. The van der Waals surface area contributed by atoms with Crippen LogP contribution in [-0.2, 0) is 0 Å². The van der Waals surface area contributed by atoms with Gasteiger partial charge in [-0.1, -0.05) is 29.8 Å². The minimum absolute atomic E-state index is 0.0769. The summed E-state index contributed by atoms with van der Waals surface area (Å²) in [6.07, 6.45) is 2.48. The lowest BCUT2D eigenvalue weighted by molar-refractivity contribution is 0.104. The number of hydrogen-bond acceptors (Lipinski definition) is 4. The highest BCUT2D eigenvalue weighted by atomic mass is 32.1. The highest BCUT2D eigenvalue weighted by Crippen LogP contribution is 2.41. The van der Waals surface area contributed by atoms with Gasteiger partial charge in [0.25, 0.3) is 0 Å². The van der Waals surface area contributed by atoms with Gasteiger partial charge >= 0.3 is 0 Å². The second-order valence-corrected chi connectivity index (χ2v) is 9.61. The number of carbonyl (C=O) groups is 1. The molecule has 1 aliphatic rings. The number of aryl methyl sites for hydroxylation is 2. The number of rotatable bonds is 5.